The number of anilines is 2. The van der Waals surface area contributed by atoms with E-state index in [2.05, 4.69) is 25.8 Å². The molecule has 4 aromatic rings. The molecular formula is C26H23N5OS2. The van der Waals surface area contributed by atoms with Crippen LogP contribution in [0.15, 0.2) is 82.0 Å². The van der Waals surface area contributed by atoms with Gasteiger partial charge in [-0.3, -0.25) is 0 Å². The highest BCUT2D eigenvalue weighted by atomic mass is 32.2. The monoisotopic (exact) mass is 485 g/mol. The van der Waals surface area contributed by atoms with Gasteiger partial charge >= 0.3 is 0 Å². The maximum Gasteiger partial charge on any atom is 0.188 e. The van der Waals surface area contributed by atoms with E-state index in [9.17, 15) is 0 Å². The second-order valence-corrected chi connectivity index (χ2v) is 9.87. The van der Waals surface area contributed by atoms with Crippen LogP contribution in [0.3, 0.4) is 0 Å². The molecule has 1 fully saturated rings. The van der Waals surface area contributed by atoms with Crippen LogP contribution in [0.25, 0.3) is 4.85 Å². The molecule has 0 amide bonds. The van der Waals surface area contributed by atoms with Crippen molar-refractivity contribution in [2.24, 2.45) is 0 Å². The van der Waals surface area contributed by atoms with Gasteiger partial charge < -0.3 is 15.4 Å². The van der Waals surface area contributed by atoms with E-state index in [1.54, 1.807) is 23.1 Å². The zero-order chi connectivity index (χ0) is 23.2. The van der Waals surface area contributed by atoms with Gasteiger partial charge in [0.1, 0.15) is 5.75 Å². The fourth-order valence-corrected chi connectivity index (χ4v) is 5.35. The number of rotatable bonds is 7. The quantitative estimate of drug-likeness (QED) is 0.269. The SMILES string of the molecule is [C-]#[N+]c1ccc(Sc2cnc(Nc3nc(C4CCNCC4)cs3)c(Oc3ccccc3)c2)cc1. The lowest BCUT2D eigenvalue weighted by Crippen LogP contribution is -2.26. The van der Waals surface area contributed by atoms with E-state index in [1.807, 2.05) is 66.9 Å². The van der Waals surface area contributed by atoms with Crippen LogP contribution < -0.4 is 15.4 Å². The first kappa shape index (κ1) is 22.4. The minimum Gasteiger partial charge on any atom is -0.453 e. The number of piperidine rings is 1. The molecule has 0 atom stereocenters. The Labute approximate surface area is 207 Å². The Morgan fingerprint density at radius 2 is 1.85 bits per heavy atom. The first-order chi connectivity index (χ1) is 16.8. The zero-order valence-corrected chi connectivity index (χ0v) is 20.0. The highest BCUT2D eigenvalue weighted by Crippen LogP contribution is 2.37. The number of hydrogen-bond acceptors (Lipinski definition) is 7. The van der Waals surface area contributed by atoms with E-state index < -0.39 is 0 Å². The Morgan fingerprint density at radius 3 is 2.62 bits per heavy atom. The van der Waals surface area contributed by atoms with Crippen LogP contribution in [-0.2, 0) is 0 Å². The molecule has 2 N–H and O–H groups in total. The number of thiazole rings is 1. The van der Waals surface area contributed by atoms with Crippen LogP contribution in [0.2, 0.25) is 0 Å². The van der Waals surface area contributed by atoms with Crippen LogP contribution in [0.5, 0.6) is 11.5 Å². The summed E-state index contributed by atoms with van der Waals surface area (Å²) in [5.41, 5.74) is 1.77. The molecule has 0 spiro atoms. The molecule has 5 rings (SSSR count). The molecule has 170 valence electrons. The van der Waals surface area contributed by atoms with Crippen molar-refractivity contribution < 1.29 is 4.74 Å². The molecule has 0 unspecified atom stereocenters. The number of nitrogens with zero attached hydrogens (tertiary/aromatic N) is 3. The van der Waals surface area contributed by atoms with Gasteiger partial charge in [0.2, 0.25) is 0 Å². The maximum absolute atomic E-state index is 7.12. The van der Waals surface area contributed by atoms with Crippen molar-refractivity contribution in [2.75, 3.05) is 18.4 Å². The van der Waals surface area contributed by atoms with Gasteiger partial charge in [-0.1, -0.05) is 54.2 Å². The number of hydrogen-bond donors (Lipinski definition) is 2. The van der Waals surface area contributed by atoms with Gasteiger partial charge in [0.25, 0.3) is 0 Å². The Balaban J connectivity index is 1.39. The molecule has 1 aliphatic rings. The standard InChI is InChI=1S/C26H23N5OS2/c1-27-19-7-9-21(10-8-19)34-22-15-24(32-20-5-3-2-4-6-20)25(29-16-22)31-26-30-23(17-33-26)18-11-13-28-14-12-18/h2-10,15-18,28H,11-14H2,(H,29,30,31). The molecule has 0 radical (unpaired) electrons. The van der Waals surface area contributed by atoms with Crippen LogP contribution in [0.4, 0.5) is 16.6 Å². The molecule has 1 aliphatic heterocycles. The van der Waals surface area contributed by atoms with E-state index >= 15 is 0 Å². The van der Waals surface area contributed by atoms with Crippen molar-refractivity contribution in [1.82, 2.24) is 15.3 Å². The molecule has 0 bridgehead atoms. The molecule has 1 saturated heterocycles. The second kappa shape index (κ2) is 10.7. The first-order valence-electron chi connectivity index (χ1n) is 11.1. The van der Waals surface area contributed by atoms with Gasteiger partial charge in [0.15, 0.2) is 22.4 Å². The van der Waals surface area contributed by atoms with Gasteiger partial charge in [0.05, 0.1) is 12.3 Å². The van der Waals surface area contributed by atoms with Gasteiger partial charge in [-0.15, -0.1) is 11.3 Å². The lowest BCUT2D eigenvalue weighted by Gasteiger charge is -2.20. The summed E-state index contributed by atoms with van der Waals surface area (Å²) in [7, 11) is 0. The molecule has 3 heterocycles. The largest absolute Gasteiger partial charge is 0.453 e. The third-order valence-corrected chi connectivity index (χ3v) is 7.25. The van der Waals surface area contributed by atoms with Crippen LogP contribution >= 0.6 is 23.1 Å². The number of benzene rings is 2. The van der Waals surface area contributed by atoms with E-state index in [4.69, 9.17) is 16.3 Å². The van der Waals surface area contributed by atoms with Gasteiger partial charge in [-0.25, -0.2) is 14.8 Å². The summed E-state index contributed by atoms with van der Waals surface area (Å²) in [5.74, 6) is 2.51. The van der Waals surface area contributed by atoms with E-state index in [0.29, 0.717) is 23.2 Å². The summed E-state index contributed by atoms with van der Waals surface area (Å²) in [6.07, 6.45) is 4.06. The third-order valence-electron chi connectivity index (χ3n) is 5.50. The number of nitrogens with one attached hydrogen (secondary N) is 2. The summed E-state index contributed by atoms with van der Waals surface area (Å²) in [5, 5.41) is 9.74. The molecular weight excluding hydrogens is 462 g/mol. The van der Waals surface area contributed by atoms with Gasteiger partial charge in [0, 0.05) is 33.4 Å². The zero-order valence-electron chi connectivity index (χ0n) is 18.4. The average Bonchev–Trinajstić information content (AvgIpc) is 3.36. The van der Waals surface area contributed by atoms with Crippen molar-refractivity contribution in [2.45, 2.75) is 28.6 Å². The molecule has 6 nitrogen and oxygen atoms in total. The fraction of sp³-hybridized carbons (Fsp3) is 0.192. The highest BCUT2D eigenvalue weighted by Gasteiger charge is 2.19. The smallest absolute Gasteiger partial charge is 0.188 e. The Bertz CT molecular complexity index is 1280. The lowest BCUT2D eigenvalue weighted by atomic mass is 9.96. The Kier molecular flexibility index (Phi) is 7.05. The van der Waals surface area contributed by atoms with E-state index in [-0.39, 0.29) is 0 Å². The van der Waals surface area contributed by atoms with Crippen LogP contribution in [-0.4, -0.2) is 23.1 Å². The summed E-state index contributed by atoms with van der Waals surface area (Å²) < 4.78 is 6.21. The first-order valence-corrected chi connectivity index (χ1v) is 12.8. The van der Waals surface area contributed by atoms with Crippen molar-refractivity contribution in [3.63, 3.8) is 0 Å². The van der Waals surface area contributed by atoms with Crippen molar-refractivity contribution in [3.05, 3.63) is 89.4 Å². The normalized spacial score (nSPS) is 13.9. The second-order valence-electron chi connectivity index (χ2n) is 7.87. The molecule has 0 aliphatic carbocycles. The Hall–Kier alpha value is -3.38. The summed E-state index contributed by atoms with van der Waals surface area (Å²) >= 11 is 3.17. The maximum atomic E-state index is 7.12. The Morgan fingerprint density at radius 1 is 1.06 bits per heavy atom. The molecule has 0 saturated carbocycles. The molecule has 8 heteroatoms. The predicted octanol–water partition coefficient (Wildman–Crippen LogP) is 7.24. The minimum atomic E-state index is 0.508. The topological polar surface area (TPSA) is 63.4 Å². The molecule has 2 aromatic heterocycles. The van der Waals surface area contributed by atoms with Gasteiger partial charge in [-0.2, -0.15) is 0 Å². The third kappa shape index (κ3) is 5.57. The average molecular weight is 486 g/mol. The fourth-order valence-electron chi connectivity index (χ4n) is 3.74. The van der Waals surface area contributed by atoms with Crippen LogP contribution in [0.1, 0.15) is 24.5 Å². The van der Waals surface area contributed by atoms with Crippen molar-refractivity contribution in [1.29, 1.82) is 0 Å². The summed E-state index contributed by atoms with van der Waals surface area (Å²) in [4.78, 5) is 14.9. The molecule has 34 heavy (non-hydrogen) atoms. The van der Waals surface area contributed by atoms with E-state index in [0.717, 1.165) is 52.3 Å². The van der Waals surface area contributed by atoms with Crippen LogP contribution in [0, 0.1) is 6.57 Å². The highest BCUT2D eigenvalue weighted by molar-refractivity contribution is 7.99. The summed E-state index contributed by atoms with van der Waals surface area (Å²) in [6, 6.07) is 19.2. The van der Waals surface area contributed by atoms with Gasteiger partial charge in [-0.05, 0) is 38.1 Å². The predicted molar refractivity (Wildman–Crippen MR) is 138 cm³/mol. The number of aromatic nitrogens is 2. The lowest BCUT2D eigenvalue weighted by molar-refractivity contribution is 0.455. The minimum absolute atomic E-state index is 0.508. The molecule has 2 aromatic carbocycles. The van der Waals surface area contributed by atoms with Crippen molar-refractivity contribution >= 4 is 39.7 Å². The number of para-hydroxylation sites is 1. The number of pyridine rings is 1. The summed E-state index contributed by atoms with van der Waals surface area (Å²) in [6.45, 7) is 9.21. The number of ether oxygens (including phenoxy) is 1. The van der Waals surface area contributed by atoms with Crippen molar-refractivity contribution in [3.8, 4) is 11.5 Å². The van der Waals surface area contributed by atoms with E-state index in [1.165, 1.54) is 0 Å².